The number of nitrogens with zero attached hydrogens (tertiary/aromatic N) is 3. The number of para-hydroxylation sites is 1. The third-order valence-corrected chi connectivity index (χ3v) is 7.67. The molecule has 164 valence electrons. The van der Waals surface area contributed by atoms with Gasteiger partial charge in [0.15, 0.2) is 0 Å². The molecule has 31 heavy (non-hydrogen) atoms. The quantitative estimate of drug-likeness (QED) is 0.443. The summed E-state index contributed by atoms with van der Waals surface area (Å²) in [5.41, 5.74) is 1.02. The van der Waals surface area contributed by atoms with E-state index >= 15 is 0 Å². The second-order valence-electron chi connectivity index (χ2n) is 8.56. The molecule has 1 N–H and O–H groups in total. The van der Waals surface area contributed by atoms with Gasteiger partial charge < -0.3 is 10.2 Å². The Bertz CT molecular complexity index is 1040. The third-order valence-electron chi connectivity index (χ3n) is 6.04. The summed E-state index contributed by atoms with van der Waals surface area (Å²) in [6, 6.07) is 12.3. The lowest BCUT2D eigenvalue weighted by Gasteiger charge is -2.29. The molecule has 0 aliphatic heterocycles. The first kappa shape index (κ1) is 22.2. The van der Waals surface area contributed by atoms with Crippen LogP contribution in [0.3, 0.4) is 0 Å². The number of benzene rings is 1. The number of nitrogens with one attached hydrogen (secondary N) is 1. The number of hydrogen-bond acceptors (Lipinski definition) is 5. The number of aromatic nitrogens is 2. The maximum atomic E-state index is 12.4. The van der Waals surface area contributed by atoms with Crippen molar-refractivity contribution in [1.29, 1.82) is 0 Å². The largest absolute Gasteiger partial charge is 0.362 e. The molecule has 0 spiro atoms. The summed E-state index contributed by atoms with van der Waals surface area (Å²) in [6.07, 6.45) is 7.72. The Kier molecular flexibility index (Phi) is 7.23. The number of fused-ring (bicyclic) bond motifs is 1. The first-order chi connectivity index (χ1) is 15.0. The van der Waals surface area contributed by atoms with Crippen LogP contribution in [0, 0.1) is 5.92 Å². The van der Waals surface area contributed by atoms with Gasteiger partial charge in [0.1, 0.15) is 11.6 Å². The number of rotatable bonds is 7. The fourth-order valence-electron chi connectivity index (χ4n) is 4.40. The fraction of sp³-hybridized carbons (Fsp3) is 0.458. The topological polar surface area (TPSA) is 58.1 Å². The summed E-state index contributed by atoms with van der Waals surface area (Å²) in [7, 11) is 4.07. The summed E-state index contributed by atoms with van der Waals surface area (Å²) < 4.78 is 0.995. The van der Waals surface area contributed by atoms with Gasteiger partial charge in [-0.3, -0.25) is 4.79 Å². The second kappa shape index (κ2) is 10.1. The van der Waals surface area contributed by atoms with Gasteiger partial charge in [0.05, 0.1) is 14.2 Å². The first-order valence-electron chi connectivity index (χ1n) is 11.0. The highest BCUT2D eigenvalue weighted by atomic mass is 79.9. The zero-order chi connectivity index (χ0) is 21.8. The van der Waals surface area contributed by atoms with Crippen LogP contribution < -0.4 is 10.2 Å². The van der Waals surface area contributed by atoms with Crippen LogP contribution in [0.15, 0.2) is 40.2 Å². The highest BCUT2D eigenvalue weighted by molar-refractivity contribution is 9.11. The van der Waals surface area contributed by atoms with E-state index in [1.54, 1.807) is 0 Å². The average molecular weight is 501 g/mol. The van der Waals surface area contributed by atoms with Crippen LogP contribution in [0.2, 0.25) is 0 Å². The SMILES string of the molecule is CN(C)c1nc(CCCC2CCC(NC(=O)c3ccc(Br)s3)CC2)nc2ccccc12. The van der Waals surface area contributed by atoms with E-state index in [9.17, 15) is 4.79 Å². The lowest BCUT2D eigenvalue weighted by Crippen LogP contribution is -2.37. The van der Waals surface area contributed by atoms with Crippen molar-refractivity contribution in [2.45, 2.75) is 51.0 Å². The number of thiophene rings is 1. The van der Waals surface area contributed by atoms with Gasteiger partial charge in [0, 0.05) is 31.9 Å². The van der Waals surface area contributed by atoms with Crippen molar-refractivity contribution in [2.24, 2.45) is 5.92 Å². The van der Waals surface area contributed by atoms with E-state index in [1.807, 2.05) is 38.4 Å². The van der Waals surface area contributed by atoms with Gasteiger partial charge >= 0.3 is 0 Å². The molecule has 0 radical (unpaired) electrons. The molecule has 5 nitrogen and oxygen atoms in total. The Morgan fingerprint density at radius 2 is 1.90 bits per heavy atom. The monoisotopic (exact) mass is 500 g/mol. The Morgan fingerprint density at radius 1 is 1.13 bits per heavy atom. The van der Waals surface area contributed by atoms with Crippen molar-refractivity contribution in [3.05, 3.63) is 50.9 Å². The fourth-order valence-corrected chi connectivity index (χ4v) is 5.69. The number of aryl methyl sites for hydroxylation is 1. The first-order valence-corrected chi connectivity index (χ1v) is 12.6. The molecule has 0 bridgehead atoms. The molecular formula is C24H29BrN4OS. The highest BCUT2D eigenvalue weighted by Crippen LogP contribution is 2.30. The molecule has 1 aliphatic rings. The van der Waals surface area contributed by atoms with E-state index in [0.717, 1.165) is 62.8 Å². The minimum Gasteiger partial charge on any atom is -0.362 e. The number of hydrogen-bond donors (Lipinski definition) is 1. The molecule has 0 atom stereocenters. The van der Waals surface area contributed by atoms with E-state index in [-0.39, 0.29) is 5.91 Å². The maximum absolute atomic E-state index is 12.4. The van der Waals surface area contributed by atoms with Crippen molar-refractivity contribution in [3.8, 4) is 0 Å². The number of anilines is 1. The standard InChI is InChI=1S/C24H29BrN4OS/c1-29(2)23-18-7-3-4-8-19(18)27-22(28-23)9-5-6-16-10-12-17(13-11-16)26-24(30)20-14-15-21(25)31-20/h3-4,7-8,14-17H,5-6,9-13H2,1-2H3,(H,26,30). The lowest BCUT2D eigenvalue weighted by molar-refractivity contribution is 0.0925. The highest BCUT2D eigenvalue weighted by Gasteiger charge is 2.23. The van der Waals surface area contributed by atoms with Crippen LogP contribution in [0.1, 0.15) is 54.0 Å². The molecule has 1 amide bonds. The van der Waals surface area contributed by atoms with Crippen molar-refractivity contribution in [3.63, 3.8) is 0 Å². The zero-order valence-corrected chi connectivity index (χ0v) is 20.5. The van der Waals surface area contributed by atoms with Crippen LogP contribution in [-0.2, 0) is 6.42 Å². The predicted molar refractivity (Wildman–Crippen MR) is 132 cm³/mol. The Labute approximate surface area is 196 Å². The molecule has 1 aromatic carbocycles. The molecule has 1 saturated carbocycles. The second-order valence-corrected chi connectivity index (χ2v) is 11.0. The minimum atomic E-state index is 0.0595. The molecule has 2 aromatic heterocycles. The molecule has 4 rings (SSSR count). The summed E-state index contributed by atoms with van der Waals surface area (Å²) in [6.45, 7) is 0. The number of amides is 1. The van der Waals surface area contributed by atoms with Crippen LogP contribution >= 0.6 is 27.3 Å². The van der Waals surface area contributed by atoms with Gasteiger partial charge in [0.2, 0.25) is 0 Å². The van der Waals surface area contributed by atoms with Crippen molar-refractivity contribution < 1.29 is 4.79 Å². The van der Waals surface area contributed by atoms with Crippen LogP contribution in [0.25, 0.3) is 10.9 Å². The van der Waals surface area contributed by atoms with Gasteiger partial charge in [0.25, 0.3) is 5.91 Å². The summed E-state index contributed by atoms with van der Waals surface area (Å²) in [4.78, 5) is 24.8. The average Bonchev–Trinajstić information content (AvgIpc) is 3.21. The van der Waals surface area contributed by atoms with Crippen molar-refractivity contribution >= 4 is 49.9 Å². The van der Waals surface area contributed by atoms with Crippen molar-refractivity contribution in [2.75, 3.05) is 19.0 Å². The lowest BCUT2D eigenvalue weighted by atomic mass is 9.83. The minimum absolute atomic E-state index is 0.0595. The molecule has 2 heterocycles. The van der Waals surface area contributed by atoms with E-state index in [0.29, 0.717) is 6.04 Å². The molecule has 3 aromatic rings. The van der Waals surface area contributed by atoms with Crippen molar-refractivity contribution in [1.82, 2.24) is 15.3 Å². The molecular weight excluding hydrogens is 472 g/mol. The van der Waals surface area contributed by atoms with E-state index < -0.39 is 0 Å². The maximum Gasteiger partial charge on any atom is 0.261 e. The van der Waals surface area contributed by atoms with E-state index in [2.05, 4.69) is 38.3 Å². The normalized spacial score (nSPS) is 18.8. The Balaban J connectivity index is 1.25. The van der Waals surface area contributed by atoms with Gasteiger partial charge in [-0.05, 0) is 78.2 Å². The summed E-state index contributed by atoms with van der Waals surface area (Å²) >= 11 is 4.91. The summed E-state index contributed by atoms with van der Waals surface area (Å²) in [5.74, 6) is 2.72. The third kappa shape index (κ3) is 5.63. The van der Waals surface area contributed by atoms with Crippen LogP contribution in [0.5, 0.6) is 0 Å². The Hall–Kier alpha value is -1.99. The van der Waals surface area contributed by atoms with Gasteiger partial charge in [-0.25, -0.2) is 9.97 Å². The van der Waals surface area contributed by atoms with E-state index in [1.165, 1.54) is 30.6 Å². The van der Waals surface area contributed by atoms with Gasteiger partial charge in [-0.2, -0.15) is 0 Å². The van der Waals surface area contributed by atoms with Gasteiger partial charge in [-0.1, -0.05) is 18.6 Å². The number of carbonyl (C=O) groups excluding carboxylic acids is 1. The van der Waals surface area contributed by atoms with Crippen LogP contribution in [-0.4, -0.2) is 36.0 Å². The number of carbonyl (C=O) groups is 1. The predicted octanol–water partition coefficient (Wildman–Crippen LogP) is 5.83. The number of halogens is 1. The molecule has 7 heteroatoms. The summed E-state index contributed by atoms with van der Waals surface area (Å²) in [5, 5.41) is 4.31. The molecule has 0 unspecified atom stereocenters. The molecule has 1 aliphatic carbocycles. The van der Waals surface area contributed by atoms with E-state index in [4.69, 9.17) is 9.97 Å². The smallest absolute Gasteiger partial charge is 0.261 e. The van der Waals surface area contributed by atoms with Gasteiger partial charge in [-0.15, -0.1) is 11.3 Å². The molecule has 1 fully saturated rings. The van der Waals surface area contributed by atoms with Crippen LogP contribution in [0.4, 0.5) is 5.82 Å². The zero-order valence-electron chi connectivity index (χ0n) is 18.1. The Morgan fingerprint density at radius 3 is 2.61 bits per heavy atom. The molecule has 0 saturated heterocycles.